The molecule has 1 aliphatic carbocycles. The molecule has 1 heterocycles. The monoisotopic (exact) mass is 262 g/mol. The van der Waals surface area contributed by atoms with Crippen LogP contribution >= 0.6 is 23.7 Å². The second-order valence-electron chi connectivity index (χ2n) is 4.05. The van der Waals surface area contributed by atoms with Crippen molar-refractivity contribution < 1.29 is 4.74 Å². The molecule has 5 heteroatoms. The predicted molar refractivity (Wildman–Crippen MR) is 69.3 cm³/mol. The van der Waals surface area contributed by atoms with Gasteiger partial charge in [0.05, 0.1) is 17.3 Å². The molecular formula is C11H19ClN2OS. The van der Waals surface area contributed by atoms with Gasteiger partial charge in [0.1, 0.15) is 0 Å². The first kappa shape index (κ1) is 13.9. The van der Waals surface area contributed by atoms with E-state index >= 15 is 0 Å². The van der Waals surface area contributed by atoms with E-state index in [2.05, 4.69) is 15.7 Å². The number of hydrogen-bond acceptors (Lipinski definition) is 4. The van der Waals surface area contributed by atoms with Crippen molar-refractivity contribution in [2.24, 2.45) is 5.92 Å². The molecule has 0 saturated heterocycles. The molecule has 0 atom stereocenters. The van der Waals surface area contributed by atoms with Gasteiger partial charge in [-0.1, -0.05) is 0 Å². The van der Waals surface area contributed by atoms with E-state index in [-0.39, 0.29) is 12.4 Å². The fourth-order valence-electron chi connectivity index (χ4n) is 1.38. The van der Waals surface area contributed by atoms with Crippen LogP contribution in [0.2, 0.25) is 0 Å². The van der Waals surface area contributed by atoms with Crippen LogP contribution in [-0.4, -0.2) is 24.7 Å². The summed E-state index contributed by atoms with van der Waals surface area (Å²) in [5, 5.41) is 6.57. The lowest BCUT2D eigenvalue weighted by Crippen LogP contribution is -2.19. The van der Waals surface area contributed by atoms with Gasteiger partial charge in [-0.15, -0.1) is 23.7 Å². The largest absolute Gasteiger partial charge is 0.380 e. The predicted octanol–water partition coefficient (Wildman–Crippen LogP) is 2.39. The molecule has 0 radical (unpaired) electrons. The van der Waals surface area contributed by atoms with Crippen LogP contribution in [0.4, 0.5) is 0 Å². The van der Waals surface area contributed by atoms with Gasteiger partial charge >= 0.3 is 0 Å². The van der Waals surface area contributed by atoms with Crippen molar-refractivity contribution in [2.75, 3.05) is 19.8 Å². The lowest BCUT2D eigenvalue weighted by Gasteiger charge is -2.03. The first-order chi connectivity index (χ1) is 7.34. The minimum Gasteiger partial charge on any atom is -0.380 e. The number of ether oxygens (including phenoxy) is 1. The van der Waals surface area contributed by atoms with Gasteiger partial charge < -0.3 is 10.1 Å². The first-order valence-electron chi connectivity index (χ1n) is 5.54. The fraction of sp³-hybridized carbons (Fsp3) is 0.727. The van der Waals surface area contributed by atoms with Gasteiger partial charge in [-0.05, 0) is 25.7 Å². The van der Waals surface area contributed by atoms with Gasteiger partial charge in [-0.2, -0.15) is 0 Å². The Kier molecular flexibility index (Phi) is 6.28. The number of halogens is 1. The molecule has 2 rings (SSSR count). The van der Waals surface area contributed by atoms with Gasteiger partial charge in [-0.25, -0.2) is 4.98 Å². The summed E-state index contributed by atoms with van der Waals surface area (Å²) >= 11 is 1.70. The Hall–Kier alpha value is -0.160. The van der Waals surface area contributed by atoms with Crippen LogP contribution in [0.1, 0.15) is 23.5 Å². The molecule has 0 spiro atoms. The van der Waals surface area contributed by atoms with Gasteiger partial charge in [0.15, 0.2) is 0 Å². The van der Waals surface area contributed by atoms with Crippen molar-refractivity contribution in [1.29, 1.82) is 0 Å². The molecule has 0 amide bonds. The number of aryl methyl sites for hydroxylation is 1. The number of thiazole rings is 1. The molecule has 1 aliphatic rings. The minimum absolute atomic E-state index is 0. The molecule has 16 heavy (non-hydrogen) atoms. The highest BCUT2D eigenvalue weighted by Crippen LogP contribution is 2.28. The maximum absolute atomic E-state index is 5.52. The van der Waals surface area contributed by atoms with Crippen LogP contribution in [0.25, 0.3) is 0 Å². The lowest BCUT2D eigenvalue weighted by molar-refractivity contribution is 0.126. The van der Waals surface area contributed by atoms with Crippen LogP contribution < -0.4 is 5.32 Å². The SMILES string of the molecule is Cc1nc(CNCCOCC2CC2)cs1.Cl. The average molecular weight is 263 g/mol. The number of rotatable bonds is 7. The molecule has 1 fully saturated rings. The van der Waals surface area contributed by atoms with Gasteiger partial charge in [-0.3, -0.25) is 0 Å². The molecule has 92 valence electrons. The number of aromatic nitrogens is 1. The third-order valence-electron chi connectivity index (χ3n) is 2.45. The summed E-state index contributed by atoms with van der Waals surface area (Å²) in [5.41, 5.74) is 1.14. The molecule has 1 N–H and O–H groups in total. The summed E-state index contributed by atoms with van der Waals surface area (Å²) in [5.74, 6) is 0.867. The zero-order valence-electron chi connectivity index (χ0n) is 9.57. The van der Waals surface area contributed by atoms with Gasteiger partial charge in [0, 0.05) is 25.1 Å². The van der Waals surface area contributed by atoms with E-state index in [0.717, 1.165) is 42.9 Å². The van der Waals surface area contributed by atoms with E-state index in [1.807, 2.05) is 6.92 Å². The van der Waals surface area contributed by atoms with E-state index in [9.17, 15) is 0 Å². The topological polar surface area (TPSA) is 34.2 Å². The average Bonchev–Trinajstić information content (AvgIpc) is 2.95. The van der Waals surface area contributed by atoms with E-state index in [1.54, 1.807) is 11.3 Å². The maximum atomic E-state index is 5.52. The zero-order chi connectivity index (χ0) is 10.5. The van der Waals surface area contributed by atoms with Crippen LogP contribution in [0.5, 0.6) is 0 Å². The highest BCUT2D eigenvalue weighted by molar-refractivity contribution is 7.09. The second kappa shape index (κ2) is 7.22. The molecular weight excluding hydrogens is 244 g/mol. The number of nitrogens with one attached hydrogen (secondary N) is 1. The number of hydrogen-bond donors (Lipinski definition) is 1. The minimum atomic E-state index is 0. The first-order valence-corrected chi connectivity index (χ1v) is 6.42. The van der Waals surface area contributed by atoms with Crippen molar-refractivity contribution in [3.8, 4) is 0 Å². The van der Waals surface area contributed by atoms with Crippen LogP contribution in [-0.2, 0) is 11.3 Å². The quantitative estimate of drug-likeness (QED) is 0.767. The van der Waals surface area contributed by atoms with E-state index < -0.39 is 0 Å². The van der Waals surface area contributed by atoms with Crippen molar-refractivity contribution in [3.05, 3.63) is 16.1 Å². The molecule has 0 aromatic carbocycles. The standard InChI is InChI=1S/C11H18N2OS.ClH/c1-9-13-11(8-15-9)6-12-4-5-14-7-10-2-3-10;/h8,10,12H,2-7H2,1H3;1H. The molecule has 0 bridgehead atoms. The summed E-state index contributed by atoms with van der Waals surface area (Å²) in [7, 11) is 0. The molecule has 1 aromatic heterocycles. The summed E-state index contributed by atoms with van der Waals surface area (Å²) in [4.78, 5) is 4.38. The summed E-state index contributed by atoms with van der Waals surface area (Å²) in [6, 6.07) is 0. The second-order valence-corrected chi connectivity index (χ2v) is 5.12. The smallest absolute Gasteiger partial charge is 0.0897 e. The lowest BCUT2D eigenvalue weighted by atomic mass is 10.4. The van der Waals surface area contributed by atoms with Crippen molar-refractivity contribution in [3.63, 3.8) is 0 Å². The number of nitrogens with zero attached hydrogens (tertiary/aromatic N) is 1. The molecule has 0 aliphatic heterocycles. The molecule has 1 saturated carbocycles. The third kappa shape index (κ3) is 5.25. The Morgan fingerprint density at radius 2 is 2.38 bits per heavy atom. The van der Waals surface area contributed by atoms with E-state index in [0.29, 0.717) is 0 Å². The summed E-state index contributed by atoms with van der Waals surface area (Å²) in [6.45, 7) is 5.59. The Labute approximate surface area is 107 Å². The summed E-state index contributed by atoms with van der Waals surface area (Å²) in [6.07, 6.45) is 2.73. The third-order valence-corrected chi connectivity index (χ3v) is 3.27. The Balaban J connectivity index is 0.00000128. The van der Waals surface area contributed by atoms with E-state index in [1.165, 1.54) is 12.8 Å². The zero-order valence-corrected chi connectivity index (χ0v) is 11.2. The van der Waals surface area contributed by atoms with Gasteiger partial charge in [0.25, 0.3) is 0 Å². The van der Waals surface area contributed by atoms with Crippen molar-refractivity contribution >= 4 is 23.7 Å². The molecule has 1 aromatic rings. The molecule has 0 unspecified atom stereocenters. The highest BCUT2D eigenvalue weighted by Gasteiger charge is 2.20. The molecule has 3 nitrogen and oxygen atoms in total. The van der Waals surface area contributed by atoms with E-state index in [4.69, 9.17) is 4.74 Å². The van der Waals surface area contributed by atoms with Crippen molar-refractivity contribution in [1.82, 2.24) is 10.3 Å². The highest BCUT2D eigenvalue weighted by atomic mass is 35.5. The maximum Gasteiger partial charge on any atom is 0.0897 e. The summed E-state index contributed by atoms with van der Waals surface area (Å²) < 4.78 is 5.52. The van der Waals surface area contributed by atoms with Crippen LogP contribution in [0.15, 0.2) is 5.38 Å². The van der Waals surface area contributed by atoms with Crippen LogP contribution in [0, 0.1) is 12.8 Å². The fourth-order valence-corrected chi connectivity index (χ4v) is 2.00. The Morgan fingerprint density at radius 1 is 1.56 bits per heavy atom. The van der Waals surface area contributed by atoms with Crippen LogP contribution in [0.3, 0.4) is 0 Å². The Morgan fingerprint density at radius 3 is 3.00 bits per heavy atom. The van der Waals surface area contributed by atoms with Crippen molar-refractivity contribution in [2.45, 2.75) is 26.3 Å². The normalized spacial score (nSPS) is 14.8. The Bertz CT molecular complexity index is 302. The van der Waals surface area contributed by atoms with Gasteiger partial charge in [0.2, 0.25) is 0 Å².